The molecule has 4 aliphatic heterocycles. The lowest BCUT2D eigenvalue weighted by Gasteiger charge is -2.35. The summed E-state index contributed by atoms with van der Waals surface area (Å²) in [5, 5.41) is 3.50. The normalized spacial score (nSPS) is 17.9. The molecular formula is C43H40N6O6. The van der Waals surface area contributed by atoms with Gasteiger partial charge in [0.2, 0.25) is 0 Å². The number of methoxy groups -OCH3 is 2. The molecule has 4 aromatic carbocycles. The number of amides is 2. The van der Waals surface area contributed by atoms with Crippen molar-refractivity contribution in [2.24, 2.45) is 4.99 Å². The van der Waals surface area contributed by atoms with E-state index in [4.69, 9.17) is 34.7 Å². The lowest BCUT2D eigenvalue weighted by molar-refractivity contribution is 0.0659. The van der Waals surface area contributed by atoms with Crippen LogP contribution in [0.3, 0.4) is 0 Å². The highest BCUT2D eigenvalue weighted by atomic mass is 16.5. The first-order valence-corrected chi connectivity index (χ1v) is 18.3. The molecule has 2 amide bonds. The molecule has 0 saturated carbocycles. The Morgan fingerprint density at radius 3 is 2.15 bits per heavy atom. The first kappa shape index (κ1) is 34.2. The molecule has 5 heterocycles. The fourth-order valence-electron chi connectivity index (χ4n) is 7.94. The average molecular weight is 737 g/mol. The van der Waals surface area contributed by atoms with Crippen LogP contribution < -0.4 is 30.0 Å². The Balaban J connectivity index is 0.888. The fourth-order valence-corrected chi connectivity index (χ4v) is 7.94. The Morgan fingerprint density at radius 1 is 0.709 bits per heavy atom. The van der Waals surface area contributed by atoms with E-state index >= 15 is 0 Å². The Hall–Kier alpha value is -6.56. The average Bonchev–Trinajstić information content (AvgIpc) is 3.42. The Bertz CT molecular complexity index is 2380. The van der Waals surface area contributed by atoms with Crippen LogP contribution in [0.25, 0.3) is 0 Å². The molecule has 2 atom stereocenters. The third-order valence-corrected chi connectivity index (χ3v) is 10.9. The van der Waals surface area contributed by atoms with Crippen LogP contribution in [-0.2, 0) is 39.1 Å². The van der Waals surface area contributed by atoms with Crippen LogP contribution in [0.4, 0.5) is 17.1 Å². The second-order valence-corrected chi connectivity index (χ2v) is 14.2. The van der Waals surface area contributed by atoms with Crippen molar-refractivity contribution in [3.63, 3.8) is 0 Å². The summed E-state index contributed by atoms with van der Waals surface area (Å²) in [6, 6.07) is 26.7. The number of aliphatic imine (C=N–C) groups is 1. The molecule has 55 heavy (non-hydrogen) atoms. The molecule has 5 aromatic rings. The number of anilines is 2. The van der Waals surface area contributed by atoms with Gasteiger partial charge < -0.3 is 39.8 Å². The quantitative estimate of drug-likeness (QED) is 0.181. The van der Waals surface area contributed by atoms with E-state index in [0.29, 0.717) is 88.6 Å². The SMILES string of the molecule is COc1cc2c(cc1OCc1cccc(COc3cc4c(cc3OC)C(=O)N3Cc5ccccc5C[C@H]3CN4)n1)N=CC1Cc3ccc(N)cc3CN1C2=O. The van der Waals surface area contributed by atoms with Crippen LogP contribution >= 0.6 is 0 Å². The molecule has 12 heteroatoms. The predicted molar refractivity (Wildman–Crippen MR) is 208 cm³/mol. The number of nitrogen functional groups attached to an aromatic ring is 1. The molecule has 0 bridgehead atoms. The minimum absolute atomic E-state index is 0.0315. The van der Waals surface area contributed by atoms with E-state index in [1.165, 1.54) is 11.1 Å². The van der Waals surface area contributed by atoms with Gasteiger partial charge in [0.1, 0.15) is 13.2 Å². The summed E-state index contributed by atoms with van der Waals surface area (Å²) >= 11 is 0. The Kier molecular flexibility index (Phi) is 8.72. The van der Waals surface area contributed by atoms with Gasteiger partial charge in [0.15, 0.2) is 23.0 Å². The molecule has 0 aliphatic carbocycles. The fraction of sp³-hybridized carbons (Fsp3) is 0.256. The van der Waals surface area contributed by atoms with Crippen LogP contribution in [0.15, 0.2) is 89.9 Å². The van der Waals surface area contributed by atoms with Crippen molar-refractivity contribution in [2.45, 2.75) is 51.2 Å². The number of fused-ring (bicyclic) bond motifs is 6. The Labute approximate surface area is 318 Å². The number of hydrogen-bond acceptors (Lipinski definition) is 10. The number of nitrogens with one attached hydrogen (secondary N) is 1. The first-order chi connectivity index (χ1) is 26.8. The zero-order chi connectivity index (χ0) is 37.6. The topological polar surface area (TPSA) is 141 Å². The smallest absolute Gasteiger partial charge is 0.257 e. The molecule has 278 valence electrons. The number of ether oxygens (including phenoxy) is 4. The van der Waals surface area contributed by atoms with E-state index in [1.54, 1.807) is 32.4 Å². The zero-order valence-corrected chi connectivity index (χ0v) is 30.6. The molecule has 3 N–H and O–H groups in total. The van der Waals surface area contributed by atoms with Gasteiger partial charge in [-0.3, -0.25) is 19.6 Å². The molecule has 0 fully saturated rings. The maximum Gasteiger partial charge on any atom is 0.257 e. The number of nitrogens with two attached hydrogens (primary N) is 1. The number of aromatic nitrogens is 1. The van der Waals surface area contributed by atoms with Crippen molar-refractivity contribution in [3.05, 3.63) is 130 Å². The molecule has 0 spiro atoms. The van der Waals surface area contributed by atoms with E-state index in [2.05, 4.69) is 17.4 Å². The first-order valence-electron chi connectivity index (χ1n) is 18.3. The predicted octanol–water partition coefficient (Wildman–Crippen LogP) is 6.11. The number of benzene rings is 4. The number of hydrogen-bond donors (Lipinski definition) is 2. The lowest BCUT2D eigenvalue weighted by atomic mass is 9.93. The molecule has 12 nitrogen and oxygen atoms in total. The van der Waals surface area contributed by atoms with Gasteiger partial charge in [-0.05, 0) is 71.5 Å². The number of carbonyl (C=O) groups excluding carboxylic acids is 2. The summed E-state index contributed by atoms with van der Waals surface area (Å²) in [4.78, 5) is 40.9. The maximum atomic E-state index is 13.8. The molecule has 0 saturated heterocycles. The number of carbonyl (C=O) groups is 2. The van der Waals surface area contributed by atoms with Gasteiger partial charge in [-0.15, -0.1) is 0 Å². The van der Waals surface area contributed by atoms with Gasteiger partial charge >= 0.3 is 0 Å². The van der Waals surface area contributed by atoms with Crippen LogP contribution in [0.5, 0.6) is 23.0 Å². The monoisotopic (exact) mass is 736 g/mol. The van der Waals surface area contributed by atoms with Gasteiger partial charge in [0.25, 0.3) is 11.8 Å². The van der Waals surface area contributed by atoms with E-state index in [9.17, 15) is 9.59 Å². The summed E-state index contributed by atoms with van der Waals surface area (Å²) in [6.45, 7) is 1.96. The van der Waals surface area contributed by atoms with Crippen LogP contribution in [0.1, 0.15) is 54.4 Å². The second kappa shape index (κ2) is 14.0. The summed E-state index contributed by atoms with van der Waals surface area (Å²) in [7, 11) is 3.11. The number of rotatable bonds is 8. The lowest BCUT2D eigenvalue weighted by Crippen LogP contribution is -2.45. The van der Waals surface area contributed by atoms with E-state index in [0.717, 1.165) is 17.5 Å². The van der Waals surface area contributed by atoms with Crippen molar-refractivity contribution in [1.29, 1.82) is 0 Å². The second-order valence-electron chi connectivity index (χ2n) is 14.2. The standard InChI is InChI=1S/C43H40N6O6/c1-52-38-15-34-36(45-19-32-13-25-6-3-4-7-27(25)21-48(32)42(34)50)17-40(38)54-23-30-8-5-9-31(47-30)24-55-41-18-37-35(16-39(41)53-2)43(51)49-22-28-12-29(44)11-10-26(28)14-33(49)20-46-37/h3-12,15-18,20,32-33,45H,13-14,19,21-24,44H2,1-2H3/t32-,33?/m0/s1. The molecular weight excluding hydrogens is 697 g/mol. The highest BCUT2D eigenvalue weighted by molar-refractivity contribution is 6.04. The van der Waals surface area contributed by atoms with Gasteiger partial charge in [-0.2, -0.15) is 0 Å². The third-order valence-electron chi connectivity index (χ3n) is 10.9. The maximum absolute atomic E-state index is 13.8. The molecule has 1 aromatic heterocycles. The molecule has 0 radical (unpaired) electrons. The molecule has 4 aliphatic rings. The number of pyridine rings is 1. The summed E-state index contributed by atoms with van der Waals surface area (Å²) < 4.78 is 23.9. The minimum Gasteiger partial charge on any atom is -0.493 e. The van der Waals surface area contributed by atoms with Crippen LogP contribution in [0, 0.1) is 0 Å². The summed E-state index contributed by atoms with van der Waals surface area (Å²) in [5.74, 6) is 1.68. The molecule has 9 rings (SSSR count). The van der Waals surface area contributed by atoms with Gasteiger partial charge in [-0.25, -0.2) is 0 Å². The van der Waals surface area contributed by atoms with Gasteiger partial charge in [-0.1, -0.05) is 36.4 Å². The minimum atomic E-state index is -0.175. The van der Waals surface area contributed by atoms with Crippen molar-refractivity contribution in [1.82, 2.24) is 14.8 Å². The third kappa shape index (κ3) is 6.43. The Morgan fingerprint density at radius 2 is 1.38 bits per heavy atom. The van der Waals surface area contributed by atoms with Gasteiger partial charge in [0.05, 0.1) is 60.2 Å². The van der Waals surface area contributed by atoms with Crippen LogP contribution in [-0.4, -0.2) is 65.7 Å². The van der Waals surface area contributed by atoms with Crippen LogP contribution in [0.2, 0.25) is 0 Å². The van der Waals surface area contributed by atoms with Crippen molar-refractivity contribution in [3.8, 4) is 23.0 Å². The van der Waals surface area contributed by atoms with Crippen molar-refractivity contribution < 1.29 is 28.5 Å². The number of nitrogens with zero attached hydrogens (tertiary/aromatic N) is 4. The largest absolute Gasteiger partial charge is 0.493 e. The van der Waals surface area contributed by atoms with Crippen molar-refractivity contribution in [2.75, 3.05) is 31.8 Å². The van der Waals surface area contributed by atoms with E-state index in [1.807, 2.05) is 70.6 Å². The zero-order valence-electron chi connectivity index (χ0n) is 30.6. The molecule has 1 unspecified atom stereocenters. The van der Waals surface area contributed by atoms with Gasteiger partial charge in [0, 0.05) is 43.7 Å². The summed E-state index contributed by atoms with van der Waals surface area (Å²) in [6.07, 6.45) is 3.30. The highest BCUT2D eigenvalue weighted by Gasteiger charge is 2.35. The summed E-state index contributed by atoms with van der Waals surface area (Å²) in [5.41, 5.74) is 15.0. The highest BCUT2D eigenvalue weighted by Crippen LogP contribution is 2.40. The van der Waals surface area contributed by atoms with E-state index < -0.39 is 0 Å². The van der Waals surface area contributed by atoms with E-state index in [-0.39, 0.29) is 37.1 Å². The van der Waals surface area contributed by atoms with Crippen molar-refractivity contribution >= 4 is 35.1 Å².